The van der Waals surface area contributed by atoms with Crippen LogP contribution >= 0.6 is 0 Å². The number of fused-ring (bicyclic) bond motifs is 1. The number of pyridine rings is 1. The molecule has 0 radical (unpaired) electrons. The molecule has 1 aromatic heterocycles. The van der Waals surface area contributed by atoms with E-state index in [9.17, 15) is 14.7 Å². The van der Waals surface area contributed by atoms with E-state index >= 15 is 0 Å². The van der Waals surface area contributed by atoms with Crippen LogP contribution in [0.2, 0.25) is 0 Å². The maximum Gasteiger partial charge on any atom is 0.260 e. The maximum absolute atomic E-state index is 12.7. The third-order valence-corrected chi connectivity index (χ3v) is 4.96. The zero-order chi connectivity index (χ0) is 20.4. The molecular formula is C24H20N2O3. The molecule has 5 nitrogen and oxygen atoms in total. The molecule has 0 saturated heterocycles. The normalized spacial score (nSPS) is 11.9. The molecule has 0 unspecified atom stereocenters. The van der Waals surface area contributed by atoms with Crippen LogP contribution < -0.4 is 10.9 Å². The zero-order valence-electron chi connectivity index (χ0n) is 15.8. The molecule has 1 amide bonds. The standard InChI is InChI=1S/C24H20N2O3/c1-15(16-8-4-2-5-9-16)25-23(28)18-12-13-20-19(14-18)22(27)21(24(29)26-20)17-10-6-3-7-11-17/h2-15H,1H3,(H,25,28)(H2,26,27,29)/t15-/m1/s1. The number of aromatic nitrogens is 1. The van der Waals surface area contributed by atoms with Gasteiger partial charge in [-0.3, -0.25) is 9.59 Å². The van der Waals surface area contributed by atoms with Gasteiger partial charge in [0.25, 0.3) is 11.5 Å². The zero-order valence-corrected chi connectivity index (χ0v) is 15.8. The van der Waals surface area contributed by atoms with Crippen molar-refractivity contribution in [2.45, 2.75) is 13.0 Å². The van der Waals surface area contributed by atoms with E-state index in [1.165, 1.54) is 0 Å². The van der Waals surface area contributed by atoms with Crippen molar-refractivity contribution in [3.05, 3.63) is 100 Å². The first-order valence-corrected chi connectivity index (χ1v) is 9.35. The Morgan fingerprint density at radius 3 is 2.31 bits per heavy atom. The largest absolute Gasteiger partial charge is 0.506 e. The van der Waals surface area contributed by atoms with Gasteiger partial charge in [0.1, 0.15) is 5.75 Å². The van der Waals surface area contributed by atoms with Crippen molar-refractivity contribution in [2.24, 2.45) is 0 Å². The van der Waals surface area contributed by atoms with E-state index in [2.05, 4.69) is 10.3 Å². The Bertz CT molecular complexity index is 1230. The van der Waals surface area contributed by atoms with Crippen LogP contribution in [-0.4, -0.2) is 16.0 Å². The van der Waals surface area contributed by atoms with Crippen molar-refractivity contribution in [1.29, 1.82) is 0 Å². The van der Waals surface area contributed by atoms with E-state index in [0.717, 1.165) is 5.56 Å². The SMILES string of the molecule is C[C@@H](NC(=O)c1ccc2[nH]c(=O)c(-c3ccccc3)c(O)c2c1)c1ccccc1. The van der Waals surface area contributed by atoms with Crippen molar-refractivity contribution >= 4 is 16.8 Å². The quantitative estimate of drug-likeness (QED) is 0.488. The van der Waals surface area contributed by atoms with Gasteiger partial charge in [0, 0.05) is 10.9 Å². The second-order valence-corrected chi connectivity index (χ2v) is 6.91. The second-order valence-electron chi connectivity index (χ2n) is 6.91. The molecule has 0 aliphatic rings. The van der Waals surface area contributed by atoms with Gasteiger partial charge in [-0.25, -0.2) is 0 Å². The average Bonchev–Trinajstić information content (AvgIpc) is 2.75. The molecule has 0 spiro atoms. The Balaban J connectivity index is 1.72. The topological polar surface area (TPSA) is 82.2 Å². The fraction of sp³-hybridized carbons (Fsp3) is 0.0833. The highest BCUT2D eigenvalue weighted by Gasteiger charge is 2.17. The summed E-state index contributed by atoms with van der Waals surface area (Å²) in [5, 5.41) is 14.2. The lowest BCUT2D eigenvalue weighted by molar-refractivity contribution is 0.0940. The first-order valence-electron chi connectivity index (χ1n) is 9.35. The summed E-state index contributed by atoms with van der Waals surface area (Å²) >= 11 is 0. The molecule has 5 heteroatoms. The fourth-order valence-electron chi connectivity index (χ4n) is 3.40. The first kappa shape index (κ1) is 18.5. The summed E-state index contributed by atoms with van der Waals surface area (Å²) in [5.74, 6) is -0.393. The van der Waals surface area contributed by atoms with Gasteiger partial charge in [0.15, 0.2) is 0 Å². The number of aromatic hydroxyl groups is 1. The Labute approximate surface area is 167 Å². The molecule has 3 aromatic carbocycles. The minimum atomic E-state index is -0.379. The lowest BCUT2D eigenvalue weighted by atomic mass is 10.0. The van der Waals surface area contributed by atoms with Gasteiger partial charge in [-0.2, -0.15) is 0 Å². The number of benzene rings is 3. The smallest absolute Gasteiger partial charge is 0.260 e. The van der Waals surface area contributed by atoms with Gasteiger partial charge in [-0.05, 0) is 36.2 Å². The van der Waals surface area contributed by atoms with E-state index in [1.54, 1.807) is 42.5 Å². The van der Waals surface area contributed by atoms with Crippen LogP contribution in [-0.2, 0) is 0 Å². The van der Waals surface area contributed by atoms with Crippen molar-refractivity contribution in [3.63, 3.8) is 0 Å². The highest BCUT2D eigenvalue weighted by Crippen LogP contribution is 2.32. The number of hydrogen-bond donors (Lipinski definition) is 3. The molecule has 144 valence electrons. The van der Waals surface area contributed by atoms with E-state index in [-0.39, 0.29) is 28.8 Å². The van der Waals surface area contributed by atoms with Gasteiger partial charge in [0.05, 0.1) is 17.1 Å². The molecule has 0 aliphatic heterocycles. The number of H-pyrrole nitrogens is 1. The molecule has 1 atom stereocenters. The van der Waals surface area contributed by atoms with Crippen molar-refractivity contribution in [3.8, 4) is 16.9 Å². The van der Waals surface area contributed by atoms with Crippen molar-refractivity contribution in [1.82, 2.24) is 10.3 Å². The van der Waals surface area contributed by atoms with Gasteiger partial charge in [-0.1, -0.05) is 60.7 Å². The summed E-state index contributed by atoms with van der Waals surface area (Å²) in [5.41, 5.74) is 2.30. The molecule has 4 rings (SSSR count). The fourth-order valence-corrected chi connectivity index (χ4v) is 3.40. The molecule has 1 heterocycles. The number of carbonyl (C=O) groups excluding carboxylic acids is 1. The van der Waals surface area contributed by atoms with Crippen molar-refractivity contribution in [2.75, 3.05) is 0 Å². The number of aromatic amines is 1. The third-order valence-electron chi connectivity index (χ3n) is 4.96. The number of carbonyl (C=O) groups is 1. The molecular weight excluding hydrogens is 364 g/mol. The summed E-state index contributed by atoms with van der Waals surface area (Å²) < 4.78 is 0. The van der Waals surface area contributed by atoms with Crippen LogP contribution in [0, 0.1) is 0 Å². The van der Waals surface area contributed by atoms with Crippen molar-refractivity contribution < 1.29 is 9.90 Å². The van der Waals surface area contributed by atoms with E-state index < -0.39 is 0 Å². The lowest BCUT2D eigenvalue weighted by Crippen LogP contribution is -2.26. The predicted molar refractivity (Wildman–Crippen MR) is 114 cm³/mol. The van der Waals surface area contributed by atoms with Gasteiger partial charge in [-0.15, -0.1) is 0 Å². The second kappa shape index (κ2) is 7.64. The van der Waals surface area contributed by atoms with Crippen LogP contribution in [0.25, 0.3) is 22.0 Å². The Morgan fingerprint density at radius 2 is 1.62 bits per heavy atom. The summed E-state index contributed by atoms with van der Waals surface area (Å²) in [6.45, 7) is 1.91. The van der Waals surface area contributed by atoms with Gasteiger partial charge >= 0.3 is 0 Å². The summed E-state index contributed by atoms with van der Waals surface area (Å²) in [7, 11) is 0. The molecule has 4 aromatic rings. The average molecular weight is 384 g/mol. The Kier molecular flexibility index (Phi) is 4.87. The molecule has 3 N–H and O–H groups in total. The first-order chi connectivity index (χ1) is 14.0. The van der Waals surface area contributed by atoms with Crippen LogP contribution in [0.5, 0.6) is 5.75 Å². The summed E-state index contributed by atoms with van der Waals surface area (Å²) in [4.78, 5) is 28.0. The number of hydrogen-bond acceptors (Lipinski definition) is 3. The van der Waals surface area contributed by atoms with Gasteiger partial charge in [0.2, 0.25) is 0 Å². The molecule has 0 saturated carbocycles. The minimum Gasteiger partial charge on any atom is -0.506 e. The van der Waals surface area contributed by atoms with Crippen LogP contribution in [0.1, 0.15) is 28.9 Å². The third kappa shape index (κ3) is 3.62. The van der Waals surface area contributed by atoms with Gasteiger partial charge < -0.3 is 15.4 Å². The highest BCUT2D eigenvalue weighted by atomic mass is 16.3. The Morgan fingerprint density at radius 1 is 0.966 bits per heavy atom. The Hall–Kier alpha value is -3.86. The molecule has 0 bridgehead atoms. The van der Waals surface area contributed by atoms with Crippen LogP contribution in [0.4, 0.5) is 0 Å². The molecule has 0 aliphatic carbocycles. The van der Waals surface area contributed by atoms with Crippen LogP contribution in [0.15, 0.2) is 83.7 Å². The van der Waals surface area contributed by atoms with E-state index in [1.807, 2.05) is 43.3 Å². The maximum atomic E-state index is 12.7. The van der Waals surface area contributed by atoms with E-state index in [0.29, 0.717) is 22.0 Å². The predicted octanol–water partition coefficient (Wildman–Crippen LogP) is 4.39. The minimum absolute atomic E-state index is 0.138. The number of rotatable bonds is 4. The molecule has 0 fully saturated rings. The lowest BCUT2D eigenvalue weighted by Gasteiger charge is -2.15. The number of nitrogens with one attached hydrogen (secondary N) is 2. The number of amides is 1. The molecule has 29 heavy (non-hydrogen) atoms. The summed E-state index contributed by atoms with van der Waals surface area (Å²) in [6.07, 6.45) is 0. The highest BCUT2D eigenvalue weighted by molar-refractivity contribution is 6.00. The van der Waals surface area contributed by atoms with E-state index in [4.69, 9.17) is 0 Å². The monoisotopic (exact) mass is 384 g/mol. The summed E-state index contributed by atoms with van der Waals surface area (Å²) in [6, 6.07) is 23.3. The van der Waals surface area contributed by atoms with Crippen LogP contribution in [0.3, 0.4) is 0 Å².